The summed E-state index contributed by atoms with van der Waals surface area (Å²) in [5.41, 5.74) is 7.18. The van der Waals surface area contributed by atoms with Crippen LogP contribution in [0.25, 0.3) is 0 Å². The largest absolute Gasteiger partial charge is 0.508 e. The van der Waals surface area contributed by atoms with Crippen molar-refractivity contribution in [2.45, 2.75) is 25.8 Å². The van der Waals surface area contributed by atoms with Crippen LogP contribution in [0.5, 0.6) is 5.75 Å². The molecule has 1 atom stereocenters. The van der Waals surface area contributed by atoms with Crippen molar-refractivity contribution in [3.05, 3.63) is 29.3 Å². The summed E-state index contributed by atoms with van der Waals surface area (Å²) in [5.74, 6) is 0.723. The van der Waals surface area contributed by atoms with Crippen molar-refractivity contribution in [2.24, 2.45) is 11.7 Å². The number of carbonyl (C=O) groups is 1. The lowest BCUT2D eigenvalue weighted by Gasteiger charge is -2.27. The Hall–Kier alpha value is -1.55. The number of aryl methyl sites for hydroxylation is 1. The lowest BCUT2D eigenvalue weighted by molar-refractivity contribution is 0.0718. The van der Waals surface area contributed by atoms with Gasteiger partial charge in [0.2, 0.25) is 0 Å². The highest BCUT2D eigenvalue weighted by molar-refractivity contribution is 5.95. The Labute approximate surface area is 107 Å². The molecule has 0 heterocycles. The summed E-state index contributed by atoms with van der Waals surface area (Å²) in [6, 6.07) is 4.95. The van der Waals surface area contributed by atoms with E-state index < -0.39 is 0 Å². The predicted octanol–water partition coefficient (Wildman–Crippen LogP) is 1.51. The molecule has 1 saturated carbocycles. The van der Waals surface area contributed by atoms with Crippen LogP contribution in [0.15, 0.2) is 18.2 Å². The molecular formula is C14H20N2O2. The smallest absolute Gasteiger partial charge is 0.254 e. The number of phenolic OH excluding ortho intramolecular Hbond substituents is 1. The van der Waals surface area contributed by atoms with Crippen LogP contribution in [0.3, 0.4) is 0 Å². The van der Waals surface area contributed by atoms with Crippen LogP contribution >= 0.6 is 0 Å². The van der Waals surface area contributed by atoms with Crippen LogP contribution in [-0.4, -0.2) is 35.5 Å². The van der Waals surface area contributed by atoms with E-state index in [9.17, 15) is 9.90 Å². The second kappa shape index (κ2) is 4.98. The summed E-state index contributed by atoms with van der Waals surface area (Å²) < 4.78 is 0. The maximum Gasteiger partial charge on any atom is 0.254 e. The third-order valence-corrected chi connectivity index (χ3v) is 3.67. The van der Waals surface area contributed by atoms with Crippen LogP contribution in [0.1, 0.15) is 28.8 Å². The topological polar surface area (TPSA) is 66.6 Å². The number of likely N-dealkylation sites (N-methyl/N-ethyl adjacent to an activating group) is 1. The number of rotatable bonds is 4. The molecule has 1 aliphatic carbocycles. The van der Waals surface area contributed by atoms with E-state index in [2.05, 4.69) is 0 Å². The van der Waals surface area contributed by atoms with Crippen molar-refractivity contribution in [1.82, 2.24) is 4.90 Å². The number of nitrogens with two attached hydrogens (primary N) is 1. The van der Waals surface area contributed by atoms with E-state index in [0.29, 0.717) is 18.0 Å². The summed E-state index contributed by atoms with van der Waals surface area (Å²) in [6.45, 7) is 2.33. The van der Waals surface area contributed by atoms with Gasteiger partial charge in [-0.05, 0) is 49.4 Å². The van der Waals surface area contributed by atoms with Crippen molar-refractivity contribution >= 4 is 5.91 Å². The first-order valence-corrected chi connectivity index (χ1v) is 6.31. The molecule has 18 heavy (non-hydrogen) atoms. The van der Waals surface area contributed by atoms with Gasteiger partial charge in [0.1, 0.15) is 5.75 Å². The number of nitrogens with zero attached hydrogens (tertiary/aromatic N) is 1. The predicted molar refractivity (Wildman–Crippen MR) is 70.5 cm³/mol. The number of benzene rings is 1. The first-order chi connectivity index (χ1) is 8.54. The number of amides is 1. The lowest BCUT2D eigenvalue weighted by atomic mass is 10.1. The van der Waals surface area contributed by atoms with Gasteiger partial charge in [0, 0.05) is 25.2 Å². The van der Waals surface area contributed by atoms with E-state index in [0.717, 1.165) is 18.4 Å². The van der Waals surface area contributed by atoms with E-state index >= 15 is 0 Å². The van der Waals surface area contributed by atoms with Gasteiger partial charge in [0.15, 0.2) is 0 Å². The van der Waals surface area contributed by atoms with Crippen LogP contribution in [0.2, 0.25) is 0 Å². The fraction of sp³-hybridized carbons (Fsp3) is 0.500. The standard InChI is InChI=1S/C14H20N2O2/c1-9-7-11(17)5-6-12(9)14(18)16(2)13(8-15)10-3-4-10/h5-7,10,13,17H,3-4,8,15H2,1-2H3. The monoisotopic (exact) mass is 248 g/mol. The maximum atomic E-state index is 12.4. The second-order valence-corrected chi connectivity index (χ2v) is 5.06. The Morgan fingerprint density at radius 1 is 1.56 bits per heavy atom. The Kier molecular flexibility index (Phi) is 3.57. The van der Waals surface area contributed by atoms with Crippen LogP contribution < -0.4 is 5.73 Å². The molecule has 1 unspecified atom stereocenters. The average molecular weight is 248 g/mol. The van der Waals surface area contributed by atoms with Gasteiger partial charge < -0.3 is 15.7 Å². The first-order valence-electron chi connectivity index (χ1n) is 6.31. The summed E-state index contributed by atoms with van der Waals surface area (Å²) in [5, 5.41) is 9.37. The fourth-order valence-electron chi connectivity index (χ4n) is 2.38. The third kappa shape index (κ3) is 2.48. The second-order valence-electron chi connectivity index (χ2n) is 5.06. The van der Waals surface area contributed by atoms with Crippen molar-refractivity contribution in [3.8, 4) is 5.75 Å². The number of hydrogen-bond acceptors (Lipinski definition) is 3. The van der Waals surface area contributed by atoms with Crippen molar-refractivity contribution in [3.63, 3.8) is 0 Å². The summed E-state index contributed by atoms with van der Waals surface area (Å²) in [7, 11) is 1.81. The maximum absolute atomic E-state index is 12.4. The Morgan fingerprint density at radius 2 is 2.22 bits per heavy atom. The zero-order valence-corrected chi connectivity index (χ0v) is 10.9. The molecule has 1 aliphatic rings. The summed E-state index contributed by atoms with van der Waals surface area (Å²) in [4.78, 5) is 14.1. The van der Waals surface area contributed by atoms with E-state index in [4.69, 9.17) is 5.73 Å². The molecule has 1 amide bonds. The molecule has 0 aliphatic heterocycles. The van der Waals surface area contributed by atoms with Crippen molar-refractivity contribution in [2.75, 3.05) is 13.6 Å². The number of carbonyl (C=O) groups excluding carboxylic acids is 1. The van der Waals surface area contributed by atoms with Gasteiger partial charge in [0.25, 0.3) is 5.91 Å². The molecule has 0 saturated heterocycles. The van der Waals surface area contributed by atoms with E-state index in [-0.39, 0.29) is 17.7 Å². The number of aromatic hydroxyl groups is 1. The SMILES string of the molecule is Cc1cc(O)ccc1C(=O)N(C)C(CN)C1CC1. The molecule has 4 nitrogen and oxygen atoms in total. The summed E-state index contributed by atoms with van der Waals surface area (Å²) in [6.07, 6.45) is 2.32. The van der Waals surface area contributed by atoms with Crippen molar-refractivity contribution in [1.29, 1.82) is 0 Å². The normalized spacial score (nSPS) is 16.4. The van der Waals surface area contributed by atoms with Gasteiger partial charge in [-0.2, -0.15) is 0 Å². The highest BCUT2D eigenvalue weighted by atomic mass is 16.3. The molecule has 98 valence electrons. The van der Waals surface area contributed by atoms with E-state index in [1.165, 1.54) is 0 Å². The molecule has 1 aromatic carbocycles. The Balaban J connectivity index is 2.19. The van der Waals surface area contributed by atoms with Crippen LogP contribution in [0.4, 0.5) is 0 Å². The van der Waals surface area contributed by atoms with Crippen LogP contribution in [-0.2, 0) is 0 Å². The highest BCUT2D eigenvalue weighted by Crippen LogP contribution is 2.35. The zero-order chi connectivity index (χ0) is 13.3. The molecule has 0 bridgehead atoms. The quantitative estimate of drug-likeness (QED) is 0.848. The molecule has 0 radical (unpaired) electrons. The average Bonchev–Trinajstić information content (AvgIpc) is 3.13. The Morgan fingerprint density at radius 3 is 2.72 bits per heavy atom. The molecule has 2 rings (SSSR count). The number of phenols is 1. The Bertz CT molecular complexity index is 455. The van der Waals surface area contributed by atoms with Gasteiger partial charge in [-0.25, -0.2) is 0 Å². The lowest BCUT2D eigenvalue weighted by Crippen LogP contribution is -2.43. The minimum absolute atomic E-state index is 0.0187. The van der Waals surface area contributed by atoms with Crippen molar-refractivity contribution < 1.29 is 9.90 Å². The first kappa shape index (κ1) is 12.9. The number of hydrogen-bond donors (Lipinski definition) is 2. The van der Waals surface area contributed by atoms with Crippen LogP contribution in [0, 0.1) is 12.8 Å². The van der Waals surface area contributed by atoms with Gasteiger partial charge in [-0.3, -0.25) is 4.79 Å². The molecule has 1 fully saturated rings. The highest BCUT2D eigenvalue weighted by Gasteiger charge is 2.35. The third-order valence-electron chi connectivity index (χ3n) is 3.67. The van der Waals surface area contributed by atoms with Gasteiger partial charge in [-0.1, -0.05) is 0 Å². The van der Waals surface area contributed by atoms with Gasteiger partial charge in [0.05, 0.1) is 0 Å². The molecule has 0 aromatic heterocycles. The molecule has 3 N–H and O–H groups in total. The molecule has 0 spiro atoms. The minimum atomic E-state index is -0.0187. The van der Waals surface area contributed by atoms with Gasteiger partial charge >= 0.3 is 0 Å². The molecule has 1 aromatic rings. The minimum Gasteiger partial charge on any atom is -0.508 e. The summed E-state index contributed by atoms with van der Waals surface area (Å²) >= 11 is 0. The fourth-order valence-corrected chi connectivity index (χ4v) is 2.38. The van der Waals surface area contributed by atoms with E-state index in [1.807, 2.05) is 14.0 Å². The van der Waals surface area contributed by atoms with E-state index in [1.54, 1.807) is 23.1 Å². The molecule has 4 heteroatoms. The van der Waals surface area contributed by atoms with Gasteiger partial charge in [-0.15, -0.1) is 0 Å². The zero-order valence-electron chi connectivity index (χ0n) is 10.9. The molecular weight excluding hydrogens is 228 g/mol.